The molecular formula is C28H24F3N5OS. The van der Waals surface area contributed by atoms with Crippen LogP contribution >= 0.6 is 11.9 Å². The Morgan fingerprint density at radius 2 is 1.97 bits per heavy atom. The lowest BCUT2D eigenvalue weighted by atomic mass is 9.98. The minimum Gasteiger partial charge on any atom is -0.388 e. The Kier molecular flexibility index (Phi) is 7.26. The molecule has 0 bridgehead atoms. The number of nitrogens with one attached hydrogen (secondary N) is 4. The maximum atomic E-state index is 15.5. The van der Waals surface area contributed by atoms with Crippen molar-refractivity contribution in [2.24, 2.45) is 0 Å². The second-order valence-electron chi connectivity index (χ2n) is 8.73. The molecular weight excluding hydrogens is 511 g/mol. The number of hydrogen-bond donors (Lipinski definition) is 5. The molecule has 5 N–H and O–H groups in total. The van der Waals surface area contributed by atoms with Gasteiger partial charge in [0.15, 0.2) is 5.82 Å². The number of allylic oxidation sites excluding steroid dienone is 4. The molecule has 0 saturated heterocycles. The van der Waals surface area contributed by atoms with Gasteiger partial charge in [0.2, 0.25) is 0 Å². The van der Waals surface area contributed by atoms with Crippen molar-refractivity contribution in [3.8, 4) is 11.1 Å². The number of aliphatic hydroxyl groups is 1. The molecule has 6 nitrogen and oxygen atoms in total. The van der Waals surface area contributed by atoms with Crippen LogP contribution in [0.15, 0.2) is 71.7 Å². The average Bonchev–Trinajstić information content (AvgIpc) is 3.35. The van der Waals surface area contributed by atoms with E-state index >= 15 is 4.39 Å². The summed E-state index contributed by atoms with van der Waals surface area (Å²) in [7, 11) is 1.76. The first kappa shape index (κ1) is 25.6. The summed E-state index contributed by atoms with van der Waals surface area (Å²) in [6.45, 7) is 0. The lowest BCUT2D eigenvalue weighted by molar-refractivity contribution is 0.211. The minimum atomic E-state index is -1.62. The quantitative estimate of drug-likeness (QED) is 0.121. The number of halogens is 3. The van der Waals surface area contributed by atoms with Gasteiger partial charge in [0.1, 0.15) is 23.4 Å². The molecule has 1 unspecified atom stereocenters. The zero-order chi connectivity index (χ0) is 26.8. The molecule has 1 aliphatic carbocycles. The summed E-state index contributed by atoms with van der Waals surface area (Å²) in [5.74, 6) is -2.18. The van der Waals surface area contributed by atoms with Crippen LogP contribution < -0.4 is 10.0 Å². The summed E-state index contributed by atoms with van der Waals surface area (Å²) < 4.78 is 46.7. The topological polar surface area (TPSA) is 96.8 Å². The van der Waals surface area contributed by atoms with Crippen molar-refractivity contribution in [3.05, 3.63) is 100 Å². The number of hydrogen-bond acceptors (Lipinski definition) is 6. The number of pyridine rings is 1. The Labute approximate surface area is 221 Å². The van der Waals surface area contributed by atoms with E-state index in [0.717, 1.165) is 40.4 Å². The Bertz CT molecular complexity index is 1600. The monoisotopic (exact) mass is 535 g/mol. The number of benzene rings is 2. The van der Waals surface area contributed by atoms with Crippen LogP contribution in [0.4, 0.5) is 24.5 Å². The minimum absolute atomic E-state index is 0.0224. The Morgan fingerprint density at radius 1 is 1.13 bits per heavy atom. The van der Waals surface area contributed by atoms with Crippen LogP contribution in [0.5, 0.6) is 0 Å². The SMILES string of the molecule is CNc1cc(-c2cnc3[nH]cc(C(O)c4c(F)ccc(NSC5=CC(F)=CCC5)c4F)c3c2)ccc1C=N. The van der Waals surface area contributed by atoms with E-state index in [-0.39, 0.29) is 17.1 Å². The summed E-state index contributed by atoms with van der Waals surface area (Å²) in [5, 5.41) is 22.3. The molecule has 38 heavy (non-hydrogen) atoms. The number of H-pyrrole nitrogens is 1. The van der Waals surface area contributed by atoms with Gasteiger partial charge in [0.05, 0.1) is 11.3 Å². The molecule has 194 valence electrons. The maximum absolute atomic E-state index is 15.5. The standard InChI is InChI=1S/C28H24F3N5OS/c1-33-24-10-15(5-6-16(24)12-32)17-9-20-21(14-35-28(20)34-13-17)27(37)25-22(30)7-8-23(26(25)31)36-38-19-4-2-3-18(29)11-19/h3,5-14,27,32-33,36-37H,2,4H2,1H3,(H,34,35). The summed E-state index contributed by atoms with van der Waals surface area (Å²) in [6.07, 6.45) is 6.78. The van der Waals surface area contributed by atoms with Crippen LogP contribution in [0.25, 0.3) is 22.2 Å². The van der Waals surface area contributed by atoms with Gasteiger partial charge in [-0.3, -0.25) is 0 Å². The summed E-state index contributed by atoms with van der Waals surface area (Å²) in [5.41, 5.74) is 3.24. The van der Waals surface area contributed by atoms with Crippen LogP contribution in [-0.4, -0.2) is 28.3 Å². The zero-order valence-corrected chi connectivity index (χ0v) is 21.1. The molecule has 0 aliphatic heterocycles. The van der Waals surface area contributed by atoms with Crippen molar-refractivity contribution in [1.29, 1.82) is 5.41 Å². The number of fused-ring (bicyclic) bond motifs is 1. The zero-order valence-electron chi connectivity index (χ0n) is 20.3. The molecule has 1 atom stereocenters. The highest BCUT2D eigenvalue weighted by molar-refractivity contribution is 8.04. The van der Waals surface area contributed by atoms with E-state index < -0.39 is 23.3 Å². The van der Waals surface area contributed by atoms with Gasteiger partial charge in [-0.15, -0.1) is 0 Å². The lowest BCUT2D eigenvalue weighted by Crippen LogP contribution is -2.08. The van der Waals surface area contributed by atoms with Crippen LogP contribution in [0.3, 0.4) is 0 Å². The van der Waals surface area contributed by atoms with Crippen molar-refractivity contribution < 1.29 is 18.3 Å². The van der Waals surface area contributed by atoms with E-state index in [0.29, 0.717) is 28.8 Å². The molecule has 5 rings (SSSR count). The number of aliphatic hydroxyl groups excluding tert-OH is 1. The molecule has 0 saturated carbocycles. The normalized spacial score (nSPS) is 14.1. The highest BCUT2D eigenvalue weighted by Gasteiger charge is 2.25. The number of anilines is 2. The van der Waals surface area contributed by atoms with Crippen LogP contribution in [0.2, 0.25) is 0 Å². The molecule has 2 aromatic heterocycles. The van der Waals surface area contributed by atoms with Crippen molar-refractivity contribution in [3.63, 3.8) is 0 Å². The van der Waals surface area contributed by atoms with Gasteiger partial charge in [0, 0.05) is 58.3 Å². The molecule has 1 aliphatic rings. The molecule has 2 heterocycles. The van der Waals surface area contributed by atoms with Gasteiger partial charge in [-0.25, -0.2) is 18.2 Å². The molecule has 0 fully saturated rings. The van der Waals surface area contributed by atoms with E-state index in [9.17, 15) is 13.9 Å². The molecule has 0 spiro atoms. The smallest absolute Gasteiger partial charge is 0.156 e. The Morgan fingerprint density at radius 3 is 2.74 bits per heavy atom. The highest BCUT2D eigenvalue weighted by atomic mass is 32.2. The van der Waals surface area contributed by atoms with Crippen LogP contribution in [0.1, 0.15) is 35.6 Å². The fraction of sp³-hybridized carbons (Fsp3) is 0.143. The predicted octanol–water partition coefficient (Wildman–Crippen LogP) is 7.22. The van der Waals surface area contributed by atoms with Gasteiger partial charge >= 0.3 is 0 Å². The predicted molar refractivity (Wildman–Crippen MR) is 147 cm³/mol. The van der Waals surface area contributed by atoms with Crippen molar-refractivity contribution in [2.75, 3.05) is 17.1 Å². The van der Waals surface area contributed by atoms with Gasteiger partial charge in [-0.1, -0.05) is 12.1 Å². The second-order valence-corrected chi connectivity index (χ2v) is 9.66. The molecule has 2 aromatic carbocycles. The van der Waals surface area contributed by atoms with E-state index in [1.54, 1.807) is 25.4 Å². The largest absolute Gasteiger partial charge is 0.388 e. The highest BCUT2D eigenvalue weighted by Crippen LogP contribution is 2.37. The van der Waals surface area contributed by atoms with Gasteiger partial charge in [-0.05, 0) is 66.8 Å². The third-order valence-electron chi connectivity index (χ3n) is 6.39. The lowest BCUT2D eigenvalue weighted by Gasteiger charge is -2.17. The van der Waals surface area contributed by atoms with E-state index in [1.165, 1.54) is 30.6 Å². The van der Waals surface area contributed by atoms with Crippen molar-refractivity contribution in [1.82, 2.24) is 9.97 Å². The van der Waals surface area contributed by atoms with Crippen molar-refractivity contribution >= 4 is 40.6 Å². The molecule has 10 heteroatoms. The van der Waals surface area contributed by atoms with Gasteiger partial charge in [-0.2, -0.15) is 0 Å². The Balaban J connectivity index is 1.48. The second kappa shape index (κ2) is 10.8. The van der Waals surface area contributed by atoms with Crippen LogP contribution in [0, 0.1) is 17.0 Å². The van der Waals surface area contributed by atoms with E-state index in [2.05, 4.69) is 20.0 Å². The number of nitrogens with zero attached hydrogens (tertiary/aromatic N) is 1. The van der Waals surface area contributed by atoms with Crippen molar-refractivity contribution in [2.45, 2.75) is 18.9 Å². The number of aromatic amines is 1. The average molecular weight is 536 g/mol. The fourth-order valence-electron chi connectivity index (χ4n) is 4.38. The number of aromatic nitrogens is 2. The summed E-state index contributed by atoms with van der Waals surface area (Å²) >= 11 is 1.05. The molecule has 0 radical (unpaired) electrons. The van der Waals surface area contributed by atoms with Gasteiger partial charge < -0.3 is 25.5 Å². The van der Waals surface area contributed by atoms with Gasteiger partial charge in [0.25, 0.3) is 0 Å². The summed E-state index contributed by atoms with van der Waals surface area (Å²) in [6, 6.07) is 9.66. The number of rotatable bonds is 8. The first-order chi connectivity index (χ1) is 18.4. The van der Waals surface area contributed by atoms with Crippen LogP contribution in [-0.2, 0) is 0 Å². The maximum Gasteiger partial charge on any atom is 0.156 e. The third kappa shape index (κ3) is 4.92. The van der Waals surface area contributed by atoms with E-state index in [1.807, 2.05) is 12.1 Å². The molecule has 4 aromatic rings. The fourth-order valence-corrected chi connectivity index (χ4v) is 5.17. The first-order valence-electron chi connectivity index (χ1n) is 11.8. The Hall–Kier alpha value is -4.02. The summed E-state index contributed by atoms with van der Waals surface area (Å²) in [4.78, 5) is 8.07. The third-order valence-corrected chi connectivity index (χ3v) is 7.30. The van der Waals surface area contributed by atoms with E-state index in [4.69, 9.17) is 5.41 Å². The first-order valence-corrected chi connectivity index (χ1v) is 12.7. The molecule has 0 amide bonds.